The number of benzene rings is 2. The Morgan fingerprint density at radius 2 is 1.59 bits per heavy atom. The lowest BCUT2D eigenvalue weighted by molar-refractivity contribution is -0.163. The lowest BCUT2D eigenvalue weighted by atomic mass is 9.61. The molecule has 1 aliphatic heterocycles. The van der Waals surface area contributed by atoms with Crippen LogP contribution in [0.15, 0.2) is 60.7 Å². The Morgan fingerprint density at radius 3 is 2.19 bits per heavy atom. The first kappa shape index (κ1) is 26.9. The number of cyclic esters (lactones) is 1. The van der Waals surface area contributed by atoms with E-state index in [2.05, 4.69) is 20.8 Å². The fourth-order valence-corrected chi connectivity index (χ4v) is 5.89. The highest BCUT2D eigenvalue weighted by Gasteiger charge is 2.56. The van der Waals surface area contributed by atoms with E-state index < -0.39 is 41.6 Å². The quantitative estimate of drug-likeness (QED) is 0.403. The first-order valence-corrected chi connectivity index (χ1v) is 13.1. The molecule has 1 aliphatic carbocycles. The molecule has 6 atom stereocenters. The molecule has 198 valence electrons. The molecule has 7 heteroatoms. The van der Waals surface area contributed by atoms with E-state index in [-0.39, 0.29) is 30.8 Å². The van der Waals surface area contributed by atoms with E-state index in [0.29, 0.717) is 17.5 Å². The van der Waals surface area contributed by atoms with Crippen molar-refractivity contribution >= 4 is 17.9 Å². The molecule has 0 unspecified atom stereocenters. The van der Waals surface area contributed by atoms with E-state index in [1.807, 2.05) is 0 Å². The SMILES string of the molecule is CC(C)[C@@H]1CC[C@@H](C)C[C@@]1(O)[C@@H]1C[C@@H]([C@H](COC(=O)c2ccccc2)OC(=O)c2ccccc2)OC1=O. The van der Waals surface area contributed by atoms with Crippen LogP contribution in [0.4, 0.5) is 0 Å². The zero-order valence-electron chi connectivity index (χ0n) is 21.7. The molecule has 1 saturated carbocycles. The van der Waals surface area contributed by atoms with Crippen molar-refractivity contribution in [3.05, 3.63) is 71.8 Å². The minimum Gasteiger partial charge on any atom is -0.458 e. The molecule has 0 amide bonds. The zero-order chi connectivity index (χ0) is 26.6. The molecule has 2 aliphatic rings. The second-order valence-corrected chi connectivity index (χ2v) is 10.8. The summed E-state index contributed by atoms with van der Waals surface area (Å²) in [6.45, 7) is 5.94. The fraction of sp³-hybridized carbons (Fsp3) is 0.500. The third-order valence-electron chi connectivity index (χ3n) is 7.79. The Labute approximate surface area is 218 Å². The minimum absolute atomic E-state index is 0.0405. The summed E-state index contributed by atoms with van der Waals surface area (Å²) in [6, 6.07) is 17.0. The third-order valence-corrected chi connectivity index (χ3v) is 7.79. The molecule has 0 spiro atoms. The molecule has 2 aromatic rings. The largest absolute Gasteiger partial charge is 0.458 e. The maximum absolute atomic E-state index is 13.2. The van der Waals surface area contributed by atoms with Crippen molar-refractivity contribution in [2.75, 3.05) is 6.61 Å². The standard InChI is InChI=1S/C30H36O7/c1-19(2)23-15-14-20(3)17-30(23,34)24-16-25(36-29(24)33)26(37-28(32)22-12-8-5-9-13-22)18-35-27(31)21-10-6-4-7-11-21/h4-13,19-20,23-26,34H,14-18H2,1-3H3/t20-,23+,24-,25+,26+,30+/m1/s1. The predicted octanol–water partition coefficient (Wildman–Crippen LogP) is 4.82. The highest BCUT2D eigenvalue weighted by molar-refractivity contribution is 5.90. The lowest BCUT2D eigenvalue weighted by Crippen LogP contribution is -2.52. The van der Waals surface area contributed by atoms with Gasteiger partial charge >= 0.3 is 17.9 Å². The molecule has 1 heterocycles. The maximum Gasteiger partial charge on any atom is 0.338 e. The summed E-state index contributed by atoms with van der Waals surface area (Å²) in [7, 11) is 0. The van der Waals surface area contributed by atoms with Crippen LogP contribution in [0, 0.1) is 23.7 Å². The second-order valence-electron chi connectivity index (χ2n) is 10.8. The normalized spacial score (nSPS) is 28.4. The van der Waals surface area contributed by atoms with Crippen LogP contribution in [-0.4, -0.2) is 47.4 Å². The molecule has 2 aromatic carbocycles. The van der Waals surface area contributed by atoms with Crippen LogP contribution in [0.3, 0.4) is 0 Å². The maximum atomic E-state index is 13.2. The highest BCUT2D eigenvalue weighted by Crippen LogP contribution is 2.49. The number of carbonyl (C=O) groups is 3. The van der Waals surface area contributed by atoms with Crippen LogP contribution in [-0.2, 0) is 19.0 Å². The first-order chi connectivity index (χ1) is 17.7. The minimum atomic E-state index is -1.20. The molecule has 4 rings (SSSR count). The van der Waals surface area contributed by atoms with Gasteiger partial charge in [0.2, 0.25) is 0 Å². The summed E-state index contributed by atoms with van der Waals surface area (Å²) in [5.41, 5.74) is -0.503. The van der Waals surface area contributed by atoms with Crippen LogP contribution in [0.25, 0.3) is 0 Å². The number of hydrogen-bond acceptors (Lipinski definition) is 7. The van der Waals surface area contributed by atoms with Gasteiger partial charge in [0.15, 0.2) is 6.10 Å². The molecular weight excluding hydrogens is 472 g/mol. The molecule has 1 saturated heterocycles. The van der Waals surface area contributed by atoms with Crippen molar-refractivity contribution in [2.24, 2.45) is 23.7 Å². The number of rotatable bonds is 8. The molecule has 1 N–H and O–H groups in total. The monoisotopic (exact) mass is 508 g/mol. The van der Waals surface area contributed by atoms with Crippen molar-refractivity contribution in [3.63, 3.8) is 0 Å². The Hall–Kier alpha value is -3.19. The van der Waals surface area contributed by atoms with Gasteiger partial charge in [-0.15, -0.1) is 0 Å². The summed E-state index contributed by atoms with van der Waals surface area (Å²) in [5, 5.41) is 11.9. The summed E-state index contributed by atoms with van der Waals surface area (Å²) in [6.07, 6.45) is 0.675. The first-order valence-electron chi connectivity index (χ1n) is 13.1. The van der Waals surface area contributed by atoms with Gasteiger partial charge in [-0.1, -0.05) is 63.6 Å². The van der Waals surface area contributed by atoms with Gasteiger partial charge in [0.25, 0.3) is 0 Å². The number of hydrogen-bond donors (Lipinski definition) is 1. The Balaban J connectivity index is 1.54. The summed E-state index contributed by atoms with van der Waals surface area (Å²) < 4.78 is 17.0. The number of ether oxygens (including phenoxy) is 3. The highest BCUT2D eigenvalue weighted by atomic mass is 16.6. The third kappa shape index (κ3) is 6.04. The van der Waals surface area contributed by atoms with Crippen molar-refractivity contribution < 1.29 is 33.7 Å². The Kier molecular flexibility index (Phi) is 8.32. The molecule has 0 radical (unpaired) electrons. The van der Waals surface area contributed by atoms with Crippen LogP contribution >= 0.6 is 0 Å². The Bertz CT molecular complexity index is 1080. The van der Waals surface area contributed by atoms with Gasteiger partial charge in [0.05, 0.1) is 22.6 Å². The lowest BCUT2D eigenvalue weighted by Gasteiger charge is -2.47. The molecule has 7 nitrogen and oxygen atoms in total. The number of carbonyl (C=O) groups excluding carboxylic acids is 3. The van der Waals surface area contributed by atoms with E-state index >= 15 is 0 Å². The van der Waals surface area contributed by atoms with Gasteiger partial charge in [0.1, 0.15) is 12.7 Å². The van der Waals surface area contributed by atoms with E-state index in [4.69, 9.17) is 14.2 Å². The van der Waals surface area contributed by atoms with Crippen LogP contribution in [0.2, 0.25) is 0 Å². The van der Waals surface area contributed by atoms with Gasteiger partial charge < -0.3 is 19.3 Å². The van der Waals surface area contributed by atoms with Crippen LogP contribution < -0.4 is 0 Å². The molecule has 37 heavy (non-hydrogen) atoms. The van der Waals surface area contributed by atoms with Crippen molar-refractivity contribution in [1.29, 1.82) is 0 Å². The second kappa shape index (κ2) is 11.5. The average molecular weight is 509 g/mol. The number of aliphatic hydroxyl groups is 1. The van der Waals surface area contributed by atoms with Crippen molar-refractivity contribution in [3.8, 4) is 0 Å². The van der Waals surface area contributed by atoms with E-state index in [1.165, 1.54) is 0 Å². The fourth-order valence-electron chi connectivity index (χ4n) is 5.89. The van der Waals surface area contributed by atoms with E-state index in [9.17, 15) is 19.5 Å². The average Bonchev–Trinajstić information content (AvgIpc) is 3.29. The molecule has 0 bridgehead atoms. The van der Waals surface area contributed by atoms with E-state index in [1.54, 1.807) is 60.7 Å². The van der Waals surface area contributed by atoms with Crippen molar-refractivity contribution in [1.82, 2.24) is 0 Å². The summed E-state index contributed by atoms with van der Waals surface area (Å²) in [4.78, 5) is 38.6. The van der Waals surface area contributed by atoms with Gasteiger partial charge in [-0.05, 0) is 54.9 Å². The van der Waals surface area contributed by atoms with E-state index in [0.717, 1.165) is 12.8 Å². The number of esters is 3. The molecule has 0 aromatic heterocycles. The van der Waals surface area contributed by atoms with Gasteiger partial charge in [0, 0.05) is 6.42 Å². The molecular formula is C30H36O7. The molecule has 2 fully saturated rings. The smallest absolute Gasteiger partial charge is 0.338 e. The van der Waals surface area contributed by atoms with Crippen LogP contribution in [0.1, 0.15) is 67.2 Å². The van der Waals surface area contributed by atoms with Gasteiger partial charge in [-0.3, -0.25) is 4.79 Å². The topological polar surface area (TPSA) is 99.1 Å². The van der Waals surface area contributed by atoms with Gasteiger partial charge in [-0.2, -0.15) is 0 Å². The summed E-state index contributed by atoms with van der Waals surface area (Å²) >= 11 is 0. The zero-order valence-corrected chi connectivity index (χ0v) is 21.7. The van der Waals surface area contributed by atoms with Gasteiger partial charge in [-0.25, -0.2) is 9.59 Å². The van der Waals surface area contributed by atoms with Crippen LogP contribution in [0.5, 0.6) is 0 Å². The summed E-state index contributed by atoms with van der Waals surface area (Å²) in [5.74, 6) is -1.97. The predicted molar refractivity (Wildman–Crippen MR) is 137 cm³/mol. The van der Waals surface area contributed by atoms with Crippen molar-refractivity contribution in [2.45, 2.75) is 64.3 Å². The Morgan fingerprint density at radius 1 is 1.00 bits per heavy atom.